The number of aliphatic hydroxyl groups is 2. The van der Waals surface area contributed by atoms with Crippen molar-refractivity contribution in [2.24, 2.45) is 0 Å². The number of morpholine rings is 1. The summed E-state index contributed by atoms with van der Waals surface area (Å²) < 4.78 is 11.3. The highest BCUT2D eigenvalue weighted by molar-refractivity contribution is 6.05. The molecule has 1 fully saturated rings. The zero-order valence-electron chi connectivity index (χ0n) is 19.7. The zero-order chi connectivity index (χ0) is 24.2. The van der Waals surface area contributed by atoms with Gasteiger partial charge in [-0.1, -0.05) is 42.5 Å². The summed E-state index contributed by atoms with van der Waals surface area (Å²) in [6, 6.07) is 21.4. The minimum absolute atomic E-state index is 0.123. The molecule has 2 N–H and O–H groups in total. The van der Waals surface area contributed by atoms with Gasteiger partial charge in [-0.3, -0.25) is 4.79 Å². The smallest absolute Gasteiger partial charge is 0.222 e. The van der Waals surface area contributed by atoms with Gasteiger partial charge in [-0.05, 0) is 53.8 Å². The molecule has 35 heavy (non-hydrogen) atoms. The van der Waals surface area contributed by atoms with Crippen LogP contribution in [0.5, 0.6) is 0 Å². The van der Waals surface area contributed by atoms with E-state index in [1.54, 1.807) is 0 Å². The van der Waals surface area contributed by atoms with Gasteiger partial charge >= 0.3 is 0 Å². The first-order valence-electron chi connectivity index (χ1n) is 12.3. The molecule has 4 aromatic rings. The van der Waals surface area contributed by atoms with Crippen molar-refractivity contribution in [1.29, 1.82) is 0 Å². The molecular formula is C29H31NO5. The lowest BCUT2D eigenvalue weighted by atomic mass is 9.98. The highest BCUT2D eigenvalue weighted by Gasteiger charge is 2.18. The van der Waals surface area contributed by atoms with Crippen LogP contribution in [0.4, 0.5) is 0 Å². The first-order chi connectivity index (χ1) is 17.1. The van der Waals surface area contributed by atoms with Gasteiger partial charge in [-0.2, -0.15) is 0 Å². The molecule has 0 aliphatic carbocycles. The Bertz CT molecular complexity index is 1290. The predicted molar refractivity (Wildman–Crippen MR) is 135 cm³/mol. The number of nitrogens with zero attached hydrogens (tertiary/aromatic N) is 1. The van der Waals surface area contributed by atoms with E-state index in [9.17, 15) is 15.0 Å². The summed E-state index contributed by atoms with van der Waals surface area (Å²) >= 11 is 0. The van der Waals surface area contributed by atoms with Crippen molar-refractivity contribution in [1.82, 2.24) is 4.90 Å². The number of fused-ring (bicyclic) bond motifs is 3. The Morgan fingerprint density at radius 3 is 2.14 bits per heavy atom. The number of ether oxygens (including phenoxy) is 1. The number of hydrogen-bond donors (Lipinski definition) is 2. The molecule has 5 rings (SSSR count). The Labute approximate surface area is 204 Å². The second-order valence-electron chi connectivity index (χ2n) is 9.22. The third kappa shape index (κ3) is 5.40. The molecule has 182 valence electrons. The molecule has 1 saturated heterocycles. The monoisotopic (exact) mass is 473 g/mol. The van der Waals surface area contributed by atoms with Gasteiger partial charge in [0.2, 0.25) is 5.91 Å². The lowest BCUT2D eigenvalue weighted by molar-refractivity contribution is -0.135. The minimum atomic E-state index is -0.659. The molecule has 0 spiro atoms. The second kappa shape index (κ2) is 10.6. The number of amides is 1. The van der Waals surface area contributed by atoms with E-state index in [0.29, 0.717) is 52.0 Å². The van der Waals surface area contributed by atoms with E-state index >= 15 is 0 Å². The Balaban J connectivity index is 1.29. The van der Waals surface area contributed by atoms with Crippen molar-refractivity contribution in [2.45, 2.75) is 37.9 Å². The van der Waals surface area contributed by atoms with E-state index in [-0.39, 0.29) is 5.91 Å². The maximum Gasteiger partial charge on any atom is 0.222 e. The molecule has 0 saturated carbocycles. The molecule has 1 aliphatic rings. The highest BCUT2D eigenvalue weighted by Crippen LogP contribution is 2.34. The minimum Gasteiger partial charge on any atom is -0.456 e. The van der Waals surface area contributed by atoms with E-state index in [1.807, 2.05) is 71.6 Å². The number of hydrogen-bond acceptors (Lipinski definition) is 5. The molecule has 6 heteroatoms. The third-order valence-corrected chi connectivity index (χ3v) is 6.79. The Hall–Kier alpha value is -3.19. The quantitative estimate of drug-likeness (QED) is 0.379. The van der Waals surface area contributed by atoms with Crippen molar-refractivity contribution in [2.75, 3.05) is 26.3 Å². The lowest BCUT2D eigenvalue weighted by Gasteiger charge is -2.27. The molecular weight excluding hydrogens is 442 g/mol. The molecule has 0 bridgehead atoms. The summed E-state index contributed by atoms with van der Waals surface area (Å²) in [5.41, 5.74) is 4.20. The maximum atomic E-state index is 12.4. The molecule has 2 atom stereocenters. The maximum absolute atomic E-state index is 12.4. The molecule has 1 aliphatic heterocycles. The Kier molecular flexibility index (Phi) is 7.13. The van der Waals surface area contributed by atoms with Gasteiger partial charge in [0.05, 0.1) is 25.4 Å². The zero-order valence-corrected chi connectivity index (χ0v) is 19.7. The third-order valence-electron chi connectivity index (χ3n) is 6.79. The summed E-state index contributed by atoms with van der Waals surface area (Å²) in [5, 5.41) is 23.4. The van der Waals surface area contributed by atoms with Crippen LogP contribution < -0.4 is 0 Å². The van der Waals surface area contributed by atoms with Crippen LogP contribution in [0.2, 0.25) is 0 Å². The van der Waals surface area contributed by atoms with Crippen LogP contribution in [0.3, 0.4) is 0 Å². The molecule has 2 unspecified atom stereocenters. The number of carbonyl (C=O) groups is 1. The van der Waals surface area contributed by atoms with Crippen LogP contribution in [-0.2, 0) is 16.0 Å². The number of benzene rings is 3. The topological polar surface area (TPSA) is 83.1 Å². The van der Waals surface area contributed by atoms with Crippen LogP contribution in [0.1, 0.15) is 48.2 Å². The van der Waals surface area contributed by atoms with E-state index < -0.39 is 12.2 Å². The summed E-state index contributed by atoms with van der Waals surface area (Å²) in [6.45, 7) is 2.48. The standard InChI is InChI=1S/C29H31NO5/c31-25(7-4-8-29(33)30-13-15-34-16-14-30)21-9-11-27-23(18-21)24-19-22(10-12-28(24)35-27)26(32)17-20-5-2-1-3-6-20/h1-3,5-6,9-12,18-19,25-26,31-32H,4,7-8,13-17H2. The molecule has 3 aromatic carbocycles. The average molecular weight is 474 g/mol. The van der Waals surface area contributed by atoms with Crippen LogP contribution in [-0.4, -0.2) is 47.3 Å². The van der Waals surface area contributed by atoms with E-state index in [1.165, 1.54) is 0 Å². The van der Waals surface area contributed by atoms with Crippen molar-refractivity contribution < 1.29 is 24.2 Å². The Morgan fingerprint density at radius 2 is 1.49 bits per heavy atom. The van der Waals surface area contributed by atoms with Gasteiger partial charge in [0.25, 0.3) is 0 Å². The fraction of sp³-hybridized carbons (Fsp3) is 0.345. The van der Waals surface area contributed by atoms with Crippen molar-refractivity contribution >= 4 is 27.8 Å². The predicted octanol–water partition coefficient (Wildman–Crippen LogP) is 4.92. The van der Waals surface area contributed by atoms with Crippen LogP contribution >= 0.6 is 0 Å². The first kappa shape index (κ1) is 23.5. The fourth-order valence-electron chi connectivity index (χ4n) is 4.77. The summed E-state index contributed by atoms with van der Waals surface area (Å²) in [4.78, 5) is 14.2. The largest absolute Gasteiger partial charge is 0.456 e. The number of furan rings is 1. The van der Waals surface area contributed by atoms with Gasteiger partial charge < -0.3 is 24.3 Å². The van der Waals surface area contributed by atoms with Crippen molar-refractivity contribution in [3.63, 3.8) is 0 Å². The first-order valence-corrected chi connectivity index (χ1v) is 12.3. The Morgan fingerprint density at radius 1 is 0.857 bits per heavy atom. The second-order valence-corrected chi connectivity index (χ2v) is 9.22. The van der Waals surface area contributed by atoms with E-state index in [2.05, 4.69) is 0 Å². The number of rotatable bonds is 8. The molecule has 1 amide bonds. The van der Waals surface area contributed by atoms with Gasteiger partial charge in [0.15, 0.2) is 0 Å². The number of carbonyl (C=O) groups excluding carboxylic acids is 1. The molecule has 1 aromatic heterocycles. The fourth-order valence-corrected chi connectivity index (χ4v) is 4.77. The molecule has 0 radical (unpaired) electrons. The summed E-state index contributed by atoms with van der Waals surface area (Å²) in [6.07, 6.45) is 0.819. The lowest BCUT2D eigenvalue weighted by Crippen LogP contribution is -2.40. The van der Waals surface area contributed by atoms with Gasteiger partial charge in [0, 0.05) is 36.7 Å². The van der Waals surface area contributed by atoms with Crippen LogP contribution in [0.25, 0.3) is 21.9 Å². The average Bonchev–Trinajstić information content (AvgIpc) is 3.26. The summed E-state index contributed by atoms with van der Waals surface area (Å²) in [5.74, 6) is 0.123. The van der Waals surface area contributed by atoms with Crippen LogP contribution in [0, 0.1) is 0 Å². The highest BCUT2D eigenvalue weighted by atomic mass is 16.5. The van der Waals surface area contributed by atoms with Gasteiger partial charge in [0.1, 0.15) is 11.2 Å². The SMILES string of the molecule is O=C(CCCC(O)c1ccc2oc3ccc(C(O)Cc4ccccc4)cc3c2c1)N1CCOCC1. The molecule has 2 heterocycles. The van der Waals surface area contributed by atoms with Crippen molar-refractivity contribution in [3.8, 4) is 0 Å². The van der Waals surface area contributed by atoms with E-state index in [0.717, 1.165) is 38.6 Å². The van der Waals surface area contributed by atoms with Gasteiger partial charge in [-0.15, -0.1) is 0 Å². The number of aliphatic hydroxyl groups excluding tert-OH is 2. The van der Waals surface area contributed by atoms with Crippen molar-refractivity contribution in [3.05, 3.63) is 83.4 Å². The molecule has 6 nitrogen and oxygen atoms in total. The summed E-state index contributed by atoms with van der Waals surface area (Å²) in [7, 11) is 0. The van der Waals surface area contributed by atoms with Crippen LogP contribution in [0.15, 0.2) is 71.1 Å². The van der Waals surface area contributed by atoms with Gasteiger partial charge in [-0.25, -0.2) is 0 Å². The van der Waals surface area contributed by atoms with E-state index in [4.69, 9.17) is 9.15 Å². The normalized spacial score (nSPS) is 16.0.